The van der Waals surface area contributed by atoms with Gasteiger partial charge in [0.25, 0.3) is 0 Å². The molecule has 0 heterocycles. The number of hydrogen-bond acceptors (Lipinski definition) is 15. The summed E-state index contributed by atoms with van der Waals surface area (Å²) in [6.45, 7) is 12.1. The standard InChI is InChI=1S/C92H180O17P2/c1-8-11-12-13-14-15-16-17-18-19-20-21-25-31-36-41-46-51-59-66-73-89(94)102-79-87(108-91(96)75-68-61-52-47-42-37-32-26-23-22-24-30-35-40-45-50-57-64-71-84(6)9-2)81-106-110(98,99)104-77-86(93)78-105-111(100,101)107-82-88(80-103-90(95)74-67-60-55-54-58-65-72-85(7)10-3)109-92(97)76-69-62-53-48-43-38-33-28-27-29-34-39-44-49-56-63-70-83(4)5/h83-88,93H,8-82H2,1-7H3,(H,98,99)(H,100,101)/t84?,85?,86-,87-,88-/m1/s1. The molecule has 0 fully saturated rings. The molecule has 0 aromatic carbocycles. The van der Waals surface area contributed by atoms with E-state index in [1.807, 2.05) is 0 Å². The lowest BCUT2D eigenvalue weighted by molar-refractivity contribution is -0.161. The first kappa shape index (κ1) is 109. The molecule has 111 heavy (non-hydrogen) atoms. The van der Waals surface area contributed by atoms with Gasteiger partial charge in [0.15, 0.2) is 12.2 Å². The number of aliphatic hydroxyl groups excluding tert-OH is 1. The Labute approximate surface area is 683 Å². The fourth-order valence-electron chi connectivity index (χ4n) is 14.4. The van der Waals surface area contributed by atoms with E-state index in [0.717, 1.165) is 114 Å². The van der Waals surface area contributed by atoms with Gasteiger partial charge in [-0.1, -0.05) is 440 Å². The summed E-state index contributed by atoms with van der Waals surface area (Å²) in [5, 5.41) is 10.7. The molecule has 19 heteroatoms. The lowest BCUT2D eigenvalue weighted by Crippen LogP contribution is -2.30. The average Bonchev–Trinajstić information content (AvgIpc) is 0.899. The fourth-order valence-corrected chi connectivity index (χ4v) is 15.9. The number of carbonyl (C=O) groups is 4. The molecule has 0 saturated carbocycles. The number of carbonyl (C=O) groups excluding carboxylic acids is 4. The number of aliphatic hydroxyl groups is 1. The van der Waals surface area contributed by atoms with Crippen LogP contribution in [0.4, 0.5) is 0 Å². The van der Waals surface area contributed by atoms with Crippen molar-refractivity contribution >= 4 is 39.5 Å². The van der Waals surface area contributed by atoms with Crippen molar-refractivity contribution in [1.29, 1.82) is 0 Å². The zero-order chi connectivity index (χ0) is 81.5. The first-order valence-electron chi connectivity index (χ1n) is 47.4. The first-order valence-corrected chi connectivity index (χ1v) is 50.4. The summed E-state index contributed by atoms with van der Waals surface area (Å²) in [6, 6.07) is 0. The third-order valence-electron chi connectivity index (χ3n) is 22.4. The molecular weight excluding hydrogens is 1440 g/mol. The molecule has 0 aliphatic carbocycles. The largest absolute Gasteiger partial charge is 0.472 e. The van der Waals surface area contributed by atoms with Gasteiger partial charge in [0.05, 0.1) is 26.4 Å². The van der Waals surface area contributed by atoms with Gasteiger partial charge in [0, 0.05) is 25.7 Å². The average molecular weight is 1620 g/mol. The molecular formula is C92H180O17P2. The van der Waals surface area contributed by atoms with Crippen molar-refractivity contribution in [2.75, 3.05) is 39.6 Å². The number of phosphoric acid groups is 2. The van der Waals surface area contributed by atoms with Crippen LogP contribution in [0.5, 0.6) is 0 Å². The maximum absolute atomic E-state index is 13.2. The maximum Gasteiger partial charge on any atom is 0.472 e. The highest BCUT2D eigenvalue weighted by Gasteiger charge is 2.31. The lowest BCUT2D eigenvalue weighted by Gasteiger charge is -2.21. The molecule has 0 aliphatic rings. The van der Waals surface area contributed by atoms with Gasteiger partial charge in [-0.25, -0.2) is 9.13 Å². The Balaban J connectivity index is 5.22. The highest BCUT2D eigenvalue weighted by atomic mass is 31.2. The van der Waals surface area contributed by atoms with Crippen LogP contribution >= 0.6 is 15.6 Å². The van der Waals surface area contributed by atoms with Crippen LogP contribution in [0.25, 0.3) is 0 Å². The normalized spacial score (nSPS) is 14.3. The van der Waals surface area contributed by atoms with E-state index in [-0.39, 0.29) is 25.7 Å². The molecule has 17 nitrogen and oxygen atoms in total. The van der Waals surface area contributed by atoms with Gasteiger partial charge in [0.2, 0.25) is 0 Å². The summed E-state index contributed by atoms with van der Waals surface area (Å²) < 4.78 is 69.1. The van der Waals surface area contributed by atoms with Crippen LogP contribution in [0.2, 0.25) is 0 Å². The third-order valence-corrected chi connectivity index (χ3v) is 24.3. The maximum atomic E-state index is 13.2. The second-order valence-corrected chi connectivity index (χ2v) is 36.9. The van der Waals surface area contributed by atoms with E-state index in [1.54, 1.807) is 0 Å². The summed E-state index contributed by atoms with van der Waals surface area (Å²) in [5.41, 5.74) is 0. The van der Waals surface area contributed by atoms with Crippen LogP contribution in [0.3, 0.4) is 0 Å². The lowest BCUT2D eigenvalue weighted by atomic mass is 9.99. The smallest absolute Gasteiger partial charge is 0.462 e. The highest BCUT2D eigenvalue weighted by molar-refractivity contribution is 7.47. The predicted molar refractivity (Wildman–Crippen MR) is 460 cm³/mol. The molecule has 0 aromatic heterocycles. The molecule has 7 atom stereocenters. The predicted octanol–water partition coefficient (Wildman–Crippen LogP) is 28.4. The van der Waals surface area contributed by atoms with Crippen molar-refractivity contribution in [3.8, 4) is 0 Å². The Bertz CT molecular complexity index is 2130. The SMILES string of the molecule is CCCCCCCCCCCCCCCCCCCCCCC(=O)OC[C@H](COP(=O)(O)OC[C@@H](O)COP(=O)(O)OC[C@@H](COC(=O)CCCCCCCCC(C)CC)OC(=O)CCCCCCCCCCCCCCCCCCC(C)C)OC(=O)CCCCCCCCCCCCCCCCCCCCC(C)CC. The van der Waals surface area contributed by atoms with Crippen LogP contribution in [-0.4, -0.2) is 96.7 Å². The summed E-state index contributed by atoms with van der Waals surface area (Å²) in [5.74, 6) is 0.312. The van der Waals surface area contributed by atoms with Gasteiger partial charge < -0.3 is 33.8 Å². The Morgan fingerprint density at radius 2 is 0.459 bits per heavy atom. The van der Waals surface area contributed by atoms with Crippen molar-refractivity contribution < 1.29 is 80.2 Å². The number of esters is 4. The van der Waals surface area contributed by atoms with Crippen LogP contribution in [-0.2, 0) is 65.4 Å². The van der Waals surface area contributed by atoms with Gasteiger partial charge in [-0.15, -0.1) is 0 Å². The van der Waals surface area contributed by atoms with E-state index in [0.29, 0.717) is 25.7 Å². The van der Waals surface area contributed by atoms with Crippen molar-refractivity contribution in [3.05, 3.63) is 0 Å². The van der Waals surface area contributed by atoms with Crippen molar-refractivity contribution in [2.24, 2.45) is 17.8 Å². The van der Waals surface area contributed by atoms with E-state index in [4.69, 9.17) is 37.0 Å². The number of ether oxygens (including phenoxy) is 4. The van der Waals surface area contributed by atoms with Gasteiger partial charge in [-0.3, -0.25) is 37.3 Å². The van der Waals surface area contributed by atoms with Gasteiger partial charge >= 0.3 is 39.5 Å². The summed E-state index contributed by atoms with van der Waals surface area (Å²) >= 11 is 0. The number of unbranched alkanes of at least 4 members (excludes halogenated alkanes) is 56. The summed E-state index contributed by atoms with van der Waals surface area (Å²) in [4.78, 5) is 73.4. The summed E-state index contributed by atoms with van der Waals surface area (Å²) in [7, 11) is -9.94. The Morgan fingerprint density at radius 1 is 0.261 bits per heavy atom. The molecule has 0 radical (unpaired) electrons. The molecule has 0 rings (SSSR count). The minimum absolute atomic E-state index is 0.107. The van der Waals surface area contributed by atoms with Crippen LogP contribution in [0, 0.1) is 17.8 Å². The first-order chi connectivity index (χ1) is 53.8. The van der Waals surface area contributed by atoms with Crippen molar-refractivity contribution in [2.45, 2.75) is 510 Å². The van der Waals surface area contributed by atoms with Crippen LogP contribution in [0.15, 0.2) is 0 Å². The zero-order valence-corrected chi connectivity index (χ0v) is 75.2. The number of rotatable bonds is 90. The quantitative estimate of drug-likeness (QED) is 0.0222. The molecule has 0 saturated heterocycles. The second-order valence-electron chi connectivity index (χ2n) is 34.0. The van der Waals surface area contributed by atoms with Crippen molar-refractivity contribution in [1.82, 2.24) is 0 Å². The molecule has 0 spiro atoms. The molecule has 0 bridgehead atoms. The number of phosphoric ester groups is 2. The number of hydrogen-bond donors (Lipinski definition) is 3. The Kier molecular flexibility index (Phi) is 80.4. The molecule has 0 amide bonds. The molecule has 4 unspecified atom stereocenters. The van der Waals surface area contributed by atoms with Crippen molar-refractivity contribution in [3.63, 3.8) is 0 Å². The monoisotopic (exact) mass is 1620 g/mol. The van der Waals surface area contributed by atoms with Gasteiger partial charge in [-0.05, 0) is 43.4 Å². The second kappa shape index (κ2) is 81.8. The van der Waals surface area contributed by atoms with E-state index >= 15 is 0 Å². The van der Waals surface area contributed by atoms with E-state index in [2.05, 4.69) is 48.5 Å². The topological polar surface area (TPSA) is 237 Å². The molecule has 0 aromatic rings. The molecule has 3 N–H and O–H groups in total. The van der Waals surface area contributed by atoms with Crippen LogP contribution < -0.4 is 0 Å². The van der Waals surface area contributed by atoms with E-state index in [9.17, 15) is 43.2 Å². The minimum atomic E-state index is -4.97. The molecule has 660 valence electrons. The zero-order valence-electron chi connectivity index (χ0n) is 73.4. The van der Waals surface area contributed by atoms with E-state index < -0.39 is 97.5 Å². The summed E-state index contributed by atoms with van der Waals surface area (Å²) in [6.07, 6.45) is 75.2. The Hall–Kier alpha value is -1.94. The van der Waals surface area contributed by atoms with Gasteiger partial charge in [-0.2, -0.15) is 0 Å². The molecule has 0 aliphatic heterocycles. The third kappa shape index (κ3) is 82.9. The fraction of sp³-hybridized carbons (Fsp3) is 0.957. The van der Waals surface area contributed by atoms with Crippen LogP contribution in [0.1, 0.15) is 492 Å². The van der Waals surface area contributed by atoms with Gasteiger partial charge in [0.1, 0.15) is 19.3 Å². The van der Waals surface area contributed by atoms with E-state index in [1.165, 1.54) is 295 Å². The Morgan fingerprint density at radius 3 is 0.685 bits per heavy atom. The minimum Gasteiger partial charge on any atom is -0.462 e. The highest BCUT2D eigenvalue weighted by Crippen LogP contribution is 2.45.